The Morgan fingerprint density at radius 3 is 2.41 bits per heavy atom. The second kappa shape index (κ2) is 6.39. The first-order chi connectivity index (χ1) is 7.97. The van der Waals surface area contributed by atoms with Crippen LogP contribution >= 0.6 is 0 Å². The van der Waals surface area contributed by atoms with Crippen molar-refractivity contribution in [2.75, 3.05) is 0 Å². The molecular formula is C14H28N2O. The Balaban J connectivity index is 2.36. The molecule has 2 unspecified atom stereocenters. The van der Waals surface area contributed by atoms with E-state index in [-0.39, 0.29) is 23.5 Å². The first-order valence-electron chi connectivity index (χ1n) is 7.05. The molecule has 1 aliphatic carbocycles. The average molecular weight is 240 g/mol. The molecule has 2 N–H and O–H groups in total. The molecule has 0 radical (unpaired) electrons. The van der Waals surface area contributed by atoms with Gasteiger partial charge < -0.3 is 10.6 Å². The van der Waals surface area contributed by atoms with Crippen molar-refractivity contribution in [2.24, 2.45) is 0 Å². The molecule has 0 aromatic carbocycles. The maximum atomic E-state index is 12.0. The second-order valence-corrected chi connectivity index (χ2v) is 5.83. The summed E-state index contributed by atoms with van der Waals surface area (Å²) in [5.41, 5.74) is 0.171. The number of nitrogens with one attached hydrogen (secondary N) is 2. The van der Waals surface area contributed by atoms with Gasteiger partial charge in [-0.15, -0.1) is 0 Å². The van der Waals surface area contributed by atoms with E-state index in [0.29, 0.717) is 0 Å². The molecule has 0 spiro atoms. The highest BCUT2D eigenvalue weighted by Crippen LogP contribution is 2.29. The summed E-state index contributed by atoms with van der Waals surface area (Å²) in [4.78, 5) is 12.0. The highest BCUT2D eigenvalue weighted by Gasteiger charge is 2.31. The number of rotatable bonds is 6. The van der Waals surface area contributed by atoms with Crippen LogP contribution in [0.1, 0.15) is 66.2 Å². The van der Waals surface area contributed by atoms with Crippen molar-refractivity contribution in [3.63, 3.8) is 0 Å². The van der Waals surface area contributed by atoms with Gasteiger partial charge in [-0.3, -0.25) is 4.79 Å². The average Bonchev–Trinajstić information content (AvgIpc) is 2.65. The van der Waals surface area contributed by atoms with Crippen molar-refractivity contribution < 1.29 is 4.79 Å². The highest BCUT2D eigenvalue weighted by molar-refractivity contribution is 5.81. The number of carbonyl (C=O) groups is 1. The van der Waals surface area contributed by atoms with Gasteiger partial charge >= 0.3 is 0 Å². The molecule has 3 nitrogen and oxygen atoms in total. The number of hydrogen-bond donors (Lipinski definition) is 2. The summed E-state index contributed by atoms with van der Waals surface area (Å²) in [6, 6.07) is 0.200. The molecule has 100 valence electrons. The first-order valence-corrected chi connectivity index (χ1v) is 7.05. The van der Waals surface area contributed by atoms with E-state index in [1.165, 1.54) is 25.7 Å². The Morgan fingerprint density at radius 2 is 1.88 bits per heavy atom. The van der Waals surface area contributed by atoms with Crippen LogP contribution in [0.3, 0.4) is 0 Å². The fourth-order valence-electron chi connectivity index (χ4n) is 2.76. The van der Waals surface area contributed by atoms with Crippen LogP contribution in [0.4, 0.5) is 0 Å². The van der Waals surface area contributed by atoms with Gasteiger partial charge in [0.05, 0.1) is 6.04 Å². The van der Waals surface area contributed by atoms with Crippen LogP contribution in [0.25, 0.3) is 0 Å². The number of amides is 1. The first kappa shape index (κ1) is 14.5. The predicted molar refractivity (Wildman–Crippen MR) is 72.0 cm³/mol. The van der Waals surface area contributed by atoms with Crippen LogP contribution in [0, 0.1) is 0 Å². The molecule has 3 heteroatoms. The quantitative estimate of drug-likeness (QED) is 0.749. The Morgan fingerprint density at radius 1 is 1.29 bits per heavy atom. The molecule has 0 aromatic rings. The van der Waals surface area contributed by atoms with Gasteiger partial charge in [-0.2, -0.15) is 0 Å². The predicted octanol–water partition coefficient (Wildman–Crippen LogP) is 2.60. The fourth-order valence-corrected chi connectivity index (χ4v) is 2.76. The molecule has 2 atom stereocenters. The SMILES string of the molecule is CCCC(C)NC(=O)C(C)NC1(C)CCCC1. The summed E-state index contributed by atoms with van der Waals surface area (Å²) in [7, 11) is 0. The van der Waals surface area contributed by atoms with Gasteiger partial charge in [0.1, 0.15) is 0 Å². The standard InChI is InChI=1S/C14H28N2O/c1-5-8-11(2)15-13(17)12(3)16-14(4)9-6-7-10-14/h11-12,16H,5-10H2,1-4H3,(H,15,17). The minimum atomic E-state index is -0.0857. The van der Waals surface area contributed by atoms with Gasteiger partial charge in [-0.05, 0) is 40.0 Å². The van der Waals surface area contributed by atoms with Crippen molar-refractivity contribution in [2.45, 2.75) is 83.8 Å². The van der Waals surface area contributed by atoms with Crippen molar-refractivity contribution in [3.8, 4) is 0 Å². The zero-order valence-electron chi connectivity index (χ0n) is 11.8. The molecule has 17 heavy (non-hydrogen) atoms. The lowest BCUT2D eigenvalue weighted by atomic mass is 9.99. The van der Waals surface area contributed by atoms with Gasteiger partial charge in [0.2, 0.25) is 5.91 Å². The minimum absolute atomic E-state index is 0.0857. The van der Waals surface area contributed by atoms with E-state index in [0.717, 1.165) is 12.8 Å². The molecule has 0 aliphatic heterocycles. The third-order valence-corrected chi connectivity index (χ3v) is 3.78. The van der Waals surface area contributed by atoms with Gasteiger partial charge in [0.15, 0.2) is 0 Å². The summed E-state index contributed by atoms with van der Waals surface area (Å²) >= 11 is 0. The van der Waals surface area contributed by atoms with Crippen LogP contribution in [-0.2, 0) is 4.79 Å². The maximum Gasteiger partial charge on any atom is 0.237 e. The lowest BCUT2D eigenvalue weighted by molar-refractivity contribution is -0.123. The largest absolute Gasteiger partial charge is 0.352 e. The Hall–Kier alpha value is -0.570. The lowest BCUT2D eigenvalue weighted by Gasteiger charge is -2.29. The summed E-state index contributed by atoms with van der Waals surface area (Å²) in [5.74, 6) is 0.138. The van der Waals surface area contributed by atoms with Crippen LogP contribution in [-0.4, -0.2) is 23.5 Å². The monoisotopic (exact) mass is 240 g/mol. The van der Waals surface area contributed by atoms with E-state index >= 15 is 0 Å². The molecule has 1 rings (SSSR count). The van der Waals surface area contributed by atoms with E-state index in [9.17, 15) is 4.79 Å². The van der Waals surface area contributed by atoms with Gasteiger partial charge in [0, 0.05) is 11.6 Å². The summed E-state index contributed by atoms with van der Waals surface area (Å²) in [5, 5.41) is 6.56. The summed E-state index contributed by atoms with van der Waals surface area (Å²) < 4.78 is 0. The third kappa shape index (κ3) is 4.66. The van der Waals surface area contributed by atoms with Crippen LogP contribution in [0.15, 0.2) is 0 Å². The number of carbonyl (C=O) groups excluding carboxylic acids is 1. The highest BCUT2D eigenvalue weighted by atomic mass is 16.2. The molecule has 0 aromatic heterocycles. The Kier molecular flexibility index (Phi) is 5.44. The lowest BCUT2D eigenvalue weighted by Crippen LogP contribution is -2.52. The number of hydrogen-bond acceptors (Lipinski definition) is 2. The van der Waals surface area contributed by atoms with E-state index in [4.69, 9.17) is 0 Å². The van der Waals surface area contributed by atoms with Gasteiger partial charge in [-0.1, -0.05) is 26.2 Å². The third-order valence-electron chi connectivity index (χ3n) is 3.78. The zero-order valence-corrected chi connectivity index (χ0v) is 11.8. The van der Waals surface area contributed by atoms with Crippen LogP contribution < -0.4 is 10.6 Å². The van der Waals surface area contributed by atoms with Gasteiger partial charge in [-0.25, -0.2) is 0 Å². The minimum Gasteiger partial charge on any atom is -0.352 e. The second-order valence-electron chi connectivity index (χ2n) is 5.83. The molecule has 1 amide bonds. The maximum absolute atomic E-state index is 12.0. The Labute approximate surface area is 106 Å². The molecule has 0 bridgehead atoms. The van der Waals surface area contributed by atoms with E-state index in [1.807, 2.05) is 6.92 Å². The van der Waals surface area contributed by atoms with Crippen molar-refractivity contribution >= 4 is 5.91 Å². The van der Waals surface area contributed by atoms with Crippen molar-refractivity contribution in [3.05, 3.63) is 0 Å². The van der Waals surface area contributed by atoms with Crippen molar-refractivity contribution in [1.29, 1.82) is 0 Å². The van der Waals surface area contributed by atoms with Gasteiger partial charge in [0.25, 0.3) is 0 Å². The zero-order chi connectivity index (χ0) is 12.9. The normalized spacial score (nSPS) is 22.1. The van der Waals surface area contributed by atoms with E-state index in [1.54, 1.807) is 0 Å². The fraction of sp³-hybridized carbons (Fsp3) is 0.929. The van der Waals surface area contributed by atoms with Crippen molar-refractivity contribution in [1.82, 2.24) is 10.6 Å². The molecular weight excluding hydrogens is 212 g/mol. The molecule has 1 aliphatic rings. The molecule has 1 saturated carbocycles. The molecule has 0 saturated heterocycles. The summed E-state index contributed by atoms with van der Waals surface area (Å²) in [6.45, 7) is 8.42. The Bertz CT molecular complexity index is 247. The van der Waals surface area contributed by atoms with E-state index < -0.39 is 0 Å². The molecule has 0 heterocycles. The van der Waals surface area contributed by atoms with Crippen LogP contribution in [0.5, 0.6) is 0 Å². The van der Waals surface area contributed by atoms with E-state index in [2.05, 4.69) is 31.4 Å². The molecule has 1 fully saturated rings. The smallest absolute Gasteiger partial charge is 0.237 e. The van der Waals surface area contributed by atoms with Crippen LogP contribution in [0.2, 0.25) is 0 Å². The topological polar surface area (TPSA) is 41.1 Å². The summed E-state index contributed by atoms with van der Waals surface area (Å²) in [6.07, 6.45) is 7.11.